The molecule has 2 aromatic rings. The van der Waals surface area contributed by atoms with Crippen molar-refractivity contribution in [2.24, 2.45) is 4.99 Å². The second-order valence-corrected chi connectivity index (χ2v) is 7.79. The van der Waals surface area contributed by atoms with Crippen molar-refractivity contribution in [1.82, 2.24) is 15.6 Å². The first-order valence-corrected chi connectivity index (χ1v) is 9.62. The third-order valence-electron chi connectivity index (χ3n) is 3.11. The van der Waals surface area contributed by atoms with Gasteiger partial charge in [0.25, 0.3) is 0 Å². The molecule has 1 unspecified atom stereocenters. The van der Waals surface area contributed by atoms with Crippen LogP contribution in [0.3, 0.4) is 0 Å². The Morgan fingerprint density at radius 1 is 1.26 bits per heavy atom. The third kappa shape index (κ3) is 6.11. The maximum Gasteiger partial charge on any atom is 0.191 e. The highest BCUT2D eigenvalue weighted by molar-refractivity contribution is 7.85. The zero-order valence-corrected chi connectivity index (χ0v) is 15.0. The summed E-state index contributed by atoms with van der Waals surface area (Å²) in [5, 5.41) is 7.56. The fourth-order valence-electron chi connectivity index (χ4n) is 1.98. The summed E-state index contributed by atoms with van der Waals surface area (Å²) < 4.78 is 12.1. The molecule has 5 nitrogen and oxygen atoms in total. The fraction of sp³-hybridized carbons (Fsp3) is 0.375. The number of guanidine groups is 1. The van der Waals surface area contributed by atoms with E-state index in [1.54, 1.807) is 18.4 Å². The first kappa shape index (κ1) is 17.6. The molecular weight excluding hydrogens is 328 g/mol. The van der Waals surface area contributed by atoms with Crippen LogP contribution >= 0.6 is 11.3 Å². The van der Waals surface area contributed by atoms with Crippen LogP contribution in [0.15, 0.2) is 46.4 Å². The lowest BCUT2D eigenvalue weighted by Gasteiger charge is -2.11. The van der Waals surface area contributed by atoms with E-state index in [1.165, 1.54) is 4.88 Å². The number of rotatable bonds is 7. The van der Waals surface area contributed by atoms with Gasteiger partial charge in [-0.15, -0.1) is 11.3 Å². The molecule has 2 N–H and O–H groups in total. The maximum atomic E-state index is 12.1. The third-order valence-corrected chi connectivity index (χ3v) is 5.46. The topological polar surface area (TPSA) is 66.4 Å². The molecule has 0 radical (unpaired) electrons. The highest BCUT2D eigenvalue weighted by Crippen LogP contribution is 2.10. The Balaban J connectivity index is 1.68. The molecule has 0 saturated heterocycles. The van der Waals surface area contributed by atoms with Gasteiger partial charge in [0.2, 0.25) is 0 Å². The van der Waals surface area contributed by atoms with Crippen LogP contribution in [0.25, 0.3) is 0 Å². The van der Waals surface area contributed by atoms with Gasteiger partial charge in [-0.1, -0.05) is 18.2 Å². The maximum absolute atomic E-state index is 12.1. The van der Waals surface area contributed by atoms with Crippen molar-refractivity contribution in [2.45, 2.75) is 18.2 Å². The van der Waals surface area contributed by atoms with Gasteiger partial charge in [-0.2, -0.15) is 0 Å². The molecule has 1 aromatic heterocycles. The van der Waals surface area contributed by atoms with Gasteiger partial charge in [0.1, 0.15) is 0 Å². The van der Waals surface area contributed by atoms with Gasteiger partial charge in [-0.25, -0.2) is 4.98 Å². The Bertz CT molecular complexity index is 655. The van der Waals surface area contributed by atoms with Crippen LogP contribution < -0.4 is 10.6 Å². The van der Waals surface area contributed by atoms with E-state index in [-0.39, 0.29) is 0 Å². The summed E-state index contributed by atoms with van der Waals surface area (Å²) >= 11 is 1.71. The molecule has 0 saturated carbocycles. The molecule has 0 aliphatic carbocycles. The first-order valence-electron chi connectivity index (χ1n) is 7.48. The van der Waals surface area contributed by atoms with Gasteiger partial charge in [0, 0.05) is 48.3 Å². The lowest BCUT2D eigenvalue weighted by Crippen LogP contribution is -2.40. The largest absolute Gasteiger partial charge is 0.356 e. The van der Waals surface area contributed by atoms with E-state index in [0.717, 1.165) is 28.8 Å². The molecule has 124 valence electrons. The molecular formula is C16H22N4OS2. The number of nitrogens with one attached hydrogen (secondary N) is 2. The molecule has 2 rings (SSSR count). The monoisotopic (exact) mass is 350 g/mol. The first-order chi connectivity index (χ1) is 11.2. The molecule has 0 aliphatic heterocycles. The molecule has 1 atom stereocenters. The molecule has 0 amide bonds. The van der Waals surface area contributed by atoms with Gasteiger partial charge >= 0.3 is 0 Å². The lowest BCUT2D eigenvalue weighted by atomic mass is 10.4. The Morgan fingerprint density at radius 2 is 2.00 bits per heavy atom. The fourth-order valence-corrected chi connectivity index (χ4v) is 3.75. The summed E-state index contributed by atoms with van der Waals surface area (Å²) in [4.78, 5) is 10.6. The molecule has 23 heavy (non-hydrogen) atoms. The lowest BCUT2D eigenvalue weighted by molar-refractivity contribution is 0.681. The molecule has 0 fully saturated rings. The van der Waals surface area contributed by atoms with Crippen LogP contribution in [0.5, 0.6) is 0 Å². The number of benzene rings is 1. The van der Waals surface area contributed by atoms with E-state index >= 15 is 0 Å². The van der Waals surface area contributed by atoms with Gasteiger partial charge in [-0.3, -0.25) is 9.20 Å². The van der Waals surface area contributed by atoms with Crippen LogP contribution in [0.4, 0.5) is 0 Å². The minimum absolute atomic E-state index is 0.552. The Labute approximate surface area is 143 Å². The molecule has 1 aromatic carbocycles. The van der Waals surface area contributed by atoms with E-state index in [1.807, 2.05) is 36.5 Å². The predicted molar refractivity (Wildman–Crippen MR) is 97.6 cm³/mol. The van der Waals surface area contributed by atoms with E-state index in [4.69, 9.17) is 0 Å². The normalized spacial score (nSPS) is 12.9. The number of hydrogen-bond donors (Lipinski definition) is 2. The molecule has 0 aliphatic rings. The van der Waals surface area contributed by atoms with Gasteiger partial charge < -0.3 is 10.6 Å². The Hall–Kier alpha value is -1.73. The van der Waals surface area contributed by atoms with Crippen molar-refractivity contribution >= 4 is 28.1 Å². The van der Waals surface area contributed by atoms with Crippen LogP contribution in [0, 0.1) is 6.92 Å². The smallest absolute Gasteiger partial charge is 0.191 e. The summed E-state index contributed by atoms with van der Waals surface area (Å²) in [6, 6.07) is 9.51. The molecule has 7 heteroatoms. The van der Waals surface area contributed by atoms with E-state index in [9.17, 15) is 4.21 Å². The highest BCUT2D eigenvalue weighted by Gasteiger charge is 2.04. The second kappa shape index (κ2) is 9.42. The molecule has 0 spiro atoms. The number of aryl methyl sites for hydroxylation is 1. The number of aromatic nitrogens is 1. The van der Waals surface area contributed by atoms with E-state index in [0.29, 0.717) is 12.3 Å². The van der Waals surface area contributed by atoms with Crippen LogP contribution in [0.1, 0.15) is 9.88 Å². The highest BCUT2D eigenvalue weighted by atomic mass is 32.2. The number of nitrogens with zero attached hydrogens (tertiary/aromatic N) is 2. The van der Waals surface area contributed by atoms with Crippen LogP contribution in [-0.2, 0) is 17.2 Å². The summed E-state index contributed by atoms with van der Waals surface area (Å²) in [6.07, 6.45) is 2.76. The Kier molecular flexibility index (Phi) is 7.22. The van der Waals surface area contributed by atoms with Crippen LogP contribution in [-0.4, -0.2) is 41.0 Å². The summed E-state index contributed by atoms with van der Waals surface area (Å²) in [7, 11) is 0.745. The average molecular weight is 351 g/mol. The number of aliphatic imine (C=N–C) groups is 1. The van der Waals surface area contributed by atoms with Crippen molar-refractivity contribution in [3.8, 4) is 0 Å². The van der Waals surface area contributed by atoms with E-state index < -0.39 is 10.8 Å². The number of thiazole rings is 1. The second-order valence-electron chi connectivity index (χ2n) is 4.90. The minimum Gasteiger partial charge on any atom is -0.356 e. The van der Waals surface area contributed by atoms with Gasteiger partial charge in [-0.05, 0) is 19.1 Å². The van der Waals surface area contributed by atoms with Gasteiger partial charge in [0.15, 0.2) is 5.96 Å². The predicted octanol–water partition coefficient (Wildman–Crippen LogP) is 1.97. The zero-order valence-electron chi connectivity index (χ0n) is 13.4. The number of hydrogen-bond acceptors (Lipinski definition) is 4. The van der Waals surface area contributed by atoms with Crippen LogP contribution in [0.2, 0.25) is 0 Å². The van der Waals surface area contributed by atoms with Crippen molar-refractivity contribution in [2.75, 3.05) is 25.9 Å². The zero-order chi connectivity index (χ0) is 16.5. The quantitative estimate of drug-likeness (QED) is 0.592. The molecule has 1 heterocycles. The van der Waals surface area contributed by atoms with Crippen molar-refractivity contribution in [3.05, 3.63) is 46.4 Å². The molecule has 0 bridgehead atoms. The van der Waals surface area contributed by atoms with Crippen molar-refractivity contribution < 1.29 is 4.21 Å². The standard InChI is InChI=1S/C16H22N4OS2/c1-13-12-20-15(22-13)8-9-18-16(17-2)19-10-11-23(21)14-6-4-3-5-7-14/h3-7,12H,8-11H2,1-2H3,(H2,17,18,19). The SMILES string of the molecule is CN=C(NCCc1ncc(C)s1)NCCS(=O)c1ccccc1. The average Bonchev–Trinajstić information content (AvgIpc) is 2.99. The summed E-state index contributed by atoms with van der Waals surface area (Å²) in [5.41, 5.74) is 0. The summed E-state index contributed by atoms with van der Waals surface area (Å²) in [5.74, 6) is 1.28. The van der Waals surface area contributed by atoms with Crippen molar-refractivity contribution in [1.29, 1.82) is 0 Å². The van der Waals surface area contributed by atoms with Gasteiger partial charge in [0.05, 0.1) is 15.8 Å². The Morgan fingerprint density at radius 3 is 2.65 bits per heavy atom. The van der Waals surface area contributed by atoms with E-state index in [2.05, 4.69) is 27.5 Å². The van der Waals surface area contributed by atoms with Crippen molar-refractivity contribution in [3.63, 3.8) is 0 Å². The minimum atomic E-state index is -0.988. The summed E-state index contributed by atoms with van der Waals surface area (Å²) in [6.45, 7) is 3.44.